The van der Waals surface area contributed by atoms with E-state index < -0.39 is 224 Å². The van der Waals surface area contributed by atoms with Gasteiger partial charge in [0.1, 0.15) is 134 Å². The van der Waals surface area contributed by atoms with Crippen molar-refractivity contribution in [2.75, 3.05) is 39.6 Å². The second-order valence-corrected chi connectivity index (χ2v) is 16.6. The zero-order valence-electron chi connectivity index (χ0n) is 34.9. The van der Waals surface area contributed by atoms with E-state index >= 15 is 0 Å². The van der Waals surface area contributed by atoms with Gasteiger partial charge in [0.15, 0.2) is 43.7 Å². The molecule has 0 saturated carbocycles. The Labute approximate surface area is 377 Å². The Morgan fingerprint density at radius 2 is 0.537 bits per heavy atom. The van der Waals surface area contributed by atoms with Crippen LogP contribution < -0.4 is 0 Å². The number of aliphatic hydroxyl groups excluding tert-OH is 19. The molecule has 390 valence electrons. The van der Waals surface area contributed by atoms with E-state index in [1.807, 2.05) is 0 Å². The van der Waals surface area contributed by atoms with Gasteiger partial charge in [0.05, 0.1) is 39.6 Å². The van der Waals surface area contributed by atoms with Gasteiger partial charge in [0, 0.05) is 0 Å². The molecule has 0 radical (unpaired) electrons. The average Bonchev–Trinajstić information content (AvgIpc) is 3.32. The molecule has 0 bridgehead atoms. The maximum Gasteiger partial charge on any atom is 0.338 e. The lowest BCUT2D eigenvalue weighted by molar-refractivity contribution is -0.394. The maximum atomic E-state index is 11.8. The van der Waals surface area contributed by atoms with Crippen LogP contribution >= 0.6 is 0 Å². The van der Waals surface area contributed by atoms with Crippen molar-refractivity contribution in [3.8, 4) is 0 Å². The van der Waals surface area contributed by atoms with Gasteiger partial charge in [-0.25, -0.2) is 4.79 Å². The number of cyclic esters (lactones) is 1. The summed E-state index contributed by atoms with van der Waals surface area (Å²) in [5, 5.41) is 199. The van der Waals surface area contributed by atoms with Crippen LogP contribution in [-0.4, -0.2) is 321 Å². The molecule has 0 unspecified atom stereocenters. The number of esters is 1. The molecule has 0 amide bonds. The Hall–Kier alpha value is -1.69. The maximum absolute atomic E-state index is 11.8. The molecule has 0 aliphatic carbocycles. The van der Waals surface area contributed by atoms with Crippen LogP contribution in [0, 0.1) is 0 Å². The molecule has 6 heterocycles. The summed E-state index contributed by atoms with van der Waals surface area (Å²) in [6.45, 7) is -5.76. The summed E-state index contributed by atoms with van der Waals surface area (Å²) in [5.74, 6) is -1.29. The molecule has 19 N–H and O–H groups in total. The van der Waals surface area contributed by atoms with Crippen LogP contribution in [0.2, 0.25) is 0 Å². The van der Waals surface area contributed by atoms with Crippen molar-refractivity contribution >= 4 is 5.97 Å². The third-order valence-corrected chi connectivity index (χ3v) is 12.3. The second-order valence-electron chi connectivity index (χ2n) is 16.6. The fraction of sp³-hybridized carbons (Fsp3) is 0.972. The van der Waals surface area contributed by atoms with Crippen LogP contribution in [0.15, 0.2) is 0 Å². The number of hydrogen-bond acceptors (Lipinski definition) is 31. The Bertz CT molecular complexity index is 1540. The first kappa shape index (κ1) is 54.6. The van der Waals surface area contributed by atoms with Crippen molar-refractivity contribution < 1.29 is 154 Å². The van der Waals surface area contributed by atoms with Gasteiger partial charge in [-0.15, -0.1) is 0 Å². The van der Waals surface area contributed by atoms with Gasteiger partial charge >= 0.3 is 5.97 Å². The topological polar surface area (TPSA) is 503 Å². The highest BCUT2D eigenvalue weighted by Crippen LogP contribution is 2.36. The third kappa shape index (κ3) is 11.1. The smallest absolute Gasteiger partial charge is 0.338 e. The molecule has 6 saturated heterocycles. The van der Waals surface area contributed by atoms with E-state index in [1.54, 1.807) is 0 Å². The van der Waals surface area contributed by atoms with Crippen LogP contribution in [0.3, 0.4) is 0 Å². The summed E-state index contributed by atoms with van der Waals surface area (Å²) in [4.78, 5) is 11.8. The summed E-state index contributed by atoms with van der Waals surface area (Å²) in [7, 11) is 0. The van der Waals surface area contributed by atoms with E-state index in [-0.39, 0.29) is 0 Å². The van der Waals surface area contributed by atoms with Gasteiger partial charge in [-0.3, -0.25) is 0 Å². The van der Waals surface area contributed by atoms with Crippen LogP contribution in [-0.2, 0) is 56.9 Å². The largest absolute Gasteiger partial charge is 0.455 e. The van der Waals surface area contributed by atoms with Gasteiger partial charge in [0.2, 0.25) is 0 Å². The highest BCUT2D eigenvalue weighted by molar-refractivity contribution is 5.76. The van der Waals surface area contributed by atoms with Crippen LogP contribution in [0.1, 0.15) is 0 Å². The standard InChI is InChI=1S/C36H60O31/c37-1-7-13(43)14(44)21(51)32(58-7)64-27-9(3-39)60-34(23(53)16(27)46)66-29-11(5-41)62-36(25(55)18(29)48)67-30-12(6-42)61-35(24(54)19(30)49)65-28-10(4-40)59-33(22(52)17(28)47)63-26-8(2-38)57-31(56)20(50)15(26)45/h7-30,32-55H,1-6H2/t7-,8-,9-,10-,11-,12-,13-,14+,15-,16-,17-,18-,19-,20-,21-,22-,23-,24-,25-,26-,27-,28-,29-,30-,32+,33+,34+,35+,36+/m1/s1. The fourth-order valence-corrected chi connectivity index (χ4v) is 8.42. The molecule has 6 aliphatic rings. The van der Waals surface area contributed by atoms with Crippen molar-refractivity contribution in [2.24, 2.45) is 0 Å². The molecule has 6 aliphatic heterocycles. The molecule has 6 rings (SSSR count). The average molecular weight is 989 g/mol. The quantitative estimate of drug-likeness (QED) is 0.0639. The van der Waals surface area contributed by atoms with E-state index in [0.717, 1.165) is 0 Å². The predicted molar refractivity (Wildman–Crippen MR) is 198 cm³/mol. The minimum Gasteiger partial charge on any atom is -0.455 e. The molecule has 67 heavy (non-hydrogen) atoms. The number of carbonyl (C=O) groups is 1. The number of carbonyl (C=O) groups excluding carboxylic acids is 1. The summed E-state index contributed by atoms with van der Waals surface area (Å²) in [6.07, 6.45) is -55.2. The van der Waals surface area contributed by atoms with Gasteiger partial charge < -0.3 is 149 Å². The van der Waals surface area contributed by atoms with Gasteiger partial charge in [-0.1, -0.05) is 0 Å². The first-order valence-corrected chi connectivity index (χ1v) is 21.0. The lowest BCUT2D eigenvalue weighted by Gasteiger charge is -2.49. The Morgan fingerprint density at radius 1 is 0.299 bits per heavy atom. The second kappa shape index (κ2) is 23.2. The van der Waals surface area contributed by atoms with Gasteiger partial charge in [0.25, 0.3) is 0 Å². The molecule has 31 nitrogen and oxygen atoms in total. The van der Waals surface area contributed by atoms with Gasteiger partial charge in [-0.2, -0.15) is 0 Å². The van der Waals surface area contributed by atoms with E-state index in [9.17, 15) is 102 Å². The molecular weight excluding hydrogens is 928 g/mol. The molecule has 29 atom stereocenters. The van der Waals surface area contributed by atoms with E-state index in [2.05, 4.69) is 0 Å². The van der Waals surface area contributed by atoms with Crippen molar-refractivity contribution in [1.29, 1.82) is 0 Å². The SMILES string of the molecule is O=C1O[C@H](CO)[C@@H](O[C@@H]2O[C@H](CO)[C@@H](O[C@@H]3O[C@H](CO)[C@@H](O[C@@H]4O[C@H](CO)[C@@H](O[C@@H]5O[C@H](CO)[C@@H](O[C@@H]6O[C@H](CO)[C@@H](O)[C@H](O)[C@H]6O)[C@H](O)[C@H]5O)[C@H](O)[C@H]4O)[C@H](O)[C@H]3O)[C@H](O)[C@H]2O)[C@H](O)[C@H]1O. The first-order chi connectivity index (χ1) is 31.8. The molecule has 31 heteroatoms. The lowest BCUT2D eigenvalue weighted by Crippen LogP contribution is -2.68. The molecule has 0 aromatic carbocycles. The zero-order chi connectivity index (χ0) is 49.3. The minimum atomic E-state index is -2.18. The summed E-state index contributed by atoms with van der Waals surface area (Å²) in [6, 6.07) is 0. The van der Waals surface area contributed by atoms with Crippen LogP contribution in [0.5, 0.6) is 0 Å². The summed E-state index contributed by atoms with van der Waals surface area (Å²) in [5.41, 5.74) is 0. The van der Waals surface area contributed by atoms with E-state index in [4.69, 9.17) is 52.1 Å². The molecule has 0 aromatic heterocycles. The van der Waals surface area contributed by atoms with E-state index in [0.29, 0.717) is 0 Å². The van der Waals surface area contributed by atoms with E-state index in [1.165, 1.54) is 0 Å². The number of hydrogen-bond donors (Lipinski definition) is 19. The lowest BCUT2D eigenvalue weighted by atomic mass is 9.95. The molecule has 6 fully saturated rings. The summed E-state index contributed by atoms with van der Waals surface area (Å²) < 4.78 is 60.2. The highest BCUT2D eigenvalue weighted by Gasteiger charge is 2.57. The number of rotatable bonds is 16. The Kier molecular flexibility index (Phi) is 19.0. The molecular formula is C36H60O31. The monoisotopic (exact) mass is 988 g/mol. The van der Waals surface area contributed by atoms with Crippen molar-refractivity contribution in [3.63, 3.8) is 0 Å². The Morgan fingerprint density at radius 3 is 0.806 bits per heavy atom. The predicted octanol–water partition coefficient (Wildman–Crippen LogP) is -13.9. The van der Waals surface area contributed by atoms with Crippen molar-refractivity contribution in [2.45, 2.75) is 178 Å². The summed E-state index contributed by atoms with van der Waals surface area (Å²) >= 11 is 0. The fourth-order valence-electron chi connectivity index (χ4n) is 8.42. The van der Waals surface area contributed by atoms with Crippen molar-refractivity contribution in [1.82, 2.24) is 0 Å². The number of ether oxygens (including phenoxy) is 11. The number of aliphatic hydroxyl groups is 19. The normalized spacial score (nSPS) is 52.2. The van der Waals surface area contributed by atoms with Crippen LogP contribution in [0.4, 0.5) is 0 Å². The minimum absolute atomic E-state index is 0.831. The van der Waals surface area contributed by atoms with Gasteiger partial charge in [-0.05, 0) is 0 Å². The van der Waals surface area contributed by atoms with Crippen LogP contribution in [0.25, 0.3) is 0 Å². The third-order valence-electron chi connectivity index (χ3n) is 12.3. The highest BCUT2D eigenvalue weighted by atomic mass is 16.8. The molecule has 0 spiro atoms. The zero-order valence-corrected chi connectivity index (χ0v) is 34.9. The first-order valence-electron chi connectivity index (χ1n) is 21.0. The van der Waals surface area contributed by atoms with Crippen molar-refractivity contribution in [3.05, 3.63) is 0 Å². The molecule has 0 aromatic rings. The Balaban J connectivity index is 1.07.